The minimum atomic E-state index is -0.209. The second-order valence-corrected chi connectivity index (χ2v) is 3.07. The summed E-state index contributed by atoms with van der Waals surface area (Å²) in [6.07, 6.45) is -0.153. The van der Waals surface area contributed by atoms with Crippen molar-refractivity contribution in [2.75, 3.05) is 6.61 Å². The van der Waals surface area contributed by atoms with Crippen molar-refractivity contribution in [3.8, 4) is 0 Å². The molecule has 1 rings (SSSR count). The van der Waals surface area contributed by atoms with Crippen molar-refractivity contribution in [3.63, 3.8) is 0 Å². The van der Waals surface area contributed by atoms with Crippen LogP contribution in [0.25, 0.3) is 0 Å². The van der Waals surface area contributed by atoms with E-state index in [9.17, 15) is 5.21 Å². The first-order chi connectivity index (χ1) is 5.04. The maximum Gasteiger partial charge on any atom is 0.130 e. The number of hydrogen-bond acceptors (Lipinski definition) is 3. The average Bonchev–Trinajstić information content (AvgIpc) is 2.21. The van der Waals surface area contributed by atoms with Gasteiger partial charge in [-0.3, -0.25) is 0 Å². The molecule has 0 radical (unpaired) electrons. The van der Waals surface area contributed by atoms with Crippen molar-refractivity contribution in [2.45, 2.75) is 46.4 Å². The van der Waals surface area contributed by atoms with Gasteiger partial charge in [-0.05, 0) is 20.8 Å². The Morgan fingerprint density at radius 3 is 2.00 bits per heavy atom. The third-order valence-corrected chi connectivity index (χ3v) is 1.64. The molecular formula is C8H19NO2. The van der Waals surface area contributed by atoms with Crippen LogP contribution in [0.5, 0.6) is 0 Å². The van der Waals surface area contributed by atoms with E-state index in [1.165, 1.54) is 5.06 Å². The molecule has 0 bridgehead atoms. The third-order valence-electron chi connectivity index (χ3n) is 1.64. The third kappa shape index (κ3) is 2.43. The number of hydroxylamine groups is 2. The zero-order valence-corrected chi connectivity index (χ0v) is 8.09. The Hall–Kier alpha value is -0.120. The highest BCUT2D eigenvalue weighted by Gasteiger charge is 2.37. The Kier molecular flexibility index (Phi) is 4.00. The van der Waals surface area contributed by atoms with E-state index in [0.29, 0.717) is 6.61 Å². The summed E-state index contributed by atoms with van der Waals surface area (Å²) in [7, 11) is 0. The average molecular weight is 161 g/mol. The van der Waals surface area contributed by atoms with Crippen LogP contribution in [-0.4, -0.2) is 28.6 Å². The molecule has 11 heavy (non-hydrogen) atoms. The van der Waals surface area contributed by atoms with Crippen molar-refractivity contribution < 1.29 is 9.94 Å². The van der Waals surface area contributed by atoms with Gasteiger partial charge in [0.05, 0.1) is 12.1 Å². The number of nitrogens with zero attached hydrogens (tertiary/aromatic N) is 1. The van der Waals surface area contributed by atoms with Crippen molar-refractivity contribution in [3.05, 3.63) is 0 Å². The van der Waals surface area contributed by atoms with Crippen LogP contribution in [0.1, 0.15) is 34.6 Å². The lowest BCUT2D eigenvalue weighted by atomic mass is 10.1. The van der Waals surface area contributed by atoms with Gasteiger partial charge < -0.3 is 9.94 Å². The monoisotopic (exact) mass is 161 g/mol. The van der Waals surface area contributed by atoms with Gasteiger partial charge in [0.15, 0.2) is 0 Å². The molecule has 3 nitrogen and oxygen atoms in total. The van der Waals surface area contributed by atoms with Crippen LogP contribution in [0.2, 0.25) is 0 Å². The Bertz CT molecular complexity index is 115. The Balaban J connectivity index is 0.000000461. The molecule has 0 amide bonds. The predicted molar refractivity (Wildman–Crippen MR) is 44.5 cm³/mol. The Morgan fingerprint density at radius 1 is 1.45 bits per heavy atom. The molecule has 1 atom stereocenters. The van der Waals surface area contributed by atoms with Crippen LogP contribution < -0.4 is 0 Å². The highest BCUT2D eigenvalue weighted by Crippen LogP contribution is 2.23. The first-order valence-corrected chi connectivity index (χ1v) is 4.14. The minimum Gasteiger partial charge on any atom is -0.359 e. The van der Waals surface area contributed by atoms with Crippen molar-refractivity contribution in [2.24, 2.45) is 0 Å². The molecule has 1 aliphatic heterocycles. The molecule has 0 aromatic heterocycles. The van der Waals surface area contributed by atoms with Gasteiger partial charge in [0, 0.05) is 0 Å². The summed E-state index contributed by atoms with van der Waals surface area (Å²) >= 11 is 0. The van der Waals surface area contributed by atoms with Crippen LogP contribution in [0, 0.1) is 0 Å². The van der Waals surface area contributed by atoms with Gasteiger partial charge in [-0.25, -0.2) is 0 Å². The fourth-order valence-electron chi connectivity index (χ4n) is 0.953. The first kappa shape index (κ1) is 10.9. The van der Waals surface area contributed by atoms with Gasteiger partial charge in [-0.15, -0.1) is 0 Å². The zero-order valence-electron chi connectivity index (χ0n) is 8.09. The van der Waals surface area contributed by atoms with E-state index >= 15 is 0 Å². The fourth-order valence-corrected chi connectivity index (χ4v) is 0.953. The highest BCUT2D eigenvalue weighted by molar-refractivity contribution is 4.81. The molecule has 3 heteroatoms. The van der Waals surface area contributed by atoms with Gasteiger partial charge in [-0.2, -0.15) is 5.06 Å². The van der Waals surface area contributed by atoms with E-state index in [0.717, 1.165) is 0 Å². The molecule has 1 N–H and O–H groups in total. The van der Waals surface area contributed by atoms with Gasteiger partial charge in [0.25, 0.3) is 0 Å². The smallest absolute Gasteiger partial charge is 0.130 e. The molecule has 1 fully saturated rings. The Labute approximate surface area is 68.9 Å². The van der Waals surface area contributed by atoms with Crippen LogP contribution >= 0.6 is 0 Å². The van der Waals surface area contributed by atoms with E-state index in [1.807, 2.05) is 34.6 Å². The lowest BCUT2D eigenvalue weighted by molar-refractivity contribution is -0.183. The predicted octanol–water partition coefficient (Wildman–Crippen LogP) is 1.86. The fraction of sp³-hybridized carbons (Fsp3) is 1.00. The molecule has 0 aliphatic carbocycles. The van der Waals surface area contributed by atoms with E-state index in [1.54, 1.807) is 0 Å². The summed E-state index contributed by atoms with van der Waals surface area (Å²) in [6, 6.07) is 0. The van der Waals surface area contributed by atoms with E-state index < -0.39 is 0 Å². The molecule has 1 saturated heterocycles. The summed E-state index contributed by atoms with van der Waals surface area (Å²) in [6.45, 7) is 10.3. The van der Waals surface area contributed by atoms with Gasteiger partial charge >= 0.3 is 0 Å². The van der Waals surface area contributed by atoms with Crippen LogP contribution in [-0.2, 0) is 4.74 Å². The van der Waals surface area contributed by atoms with Gasteiger partial charge in [0.2, 0.25) is 0 Å². The first-order valence-electron chi connectivity index (χ1n) is 4.14. The normalized spacial score (nSPS) is 29.5. The summed E-state index contributed by atoms with van der Waals surface area (Å²) in [5.74, 6) is 0. The molecular weight excluding hydrogens is 142 g/mol. The van der Waals surface area contributed by atoms with Crippen molar-refractivity contribution in [1.29, 1.82) is 0 Å². The number of ether oxygens (including phenoxy) is 1. The molecule has 1 heterocycles. The van der Waals surface area contributed by atoms with E-state index in [4.69, 9.17) is 4.74 Å². The summed E-state index contributed by atoms with van der Waals surface area (Å²) < 4.78 is 5.16. The van der Waals surface area contributed by atoms with Crippen LogP contribution in [0.15, 0.2) is 0 Å². The van der Waals surface area contributed by atoms with E-state index in [-0.39, 0.29) is 11.8 Å². The maximum atomic E-state index is 9.23. The molecule has 0 saturated carbocycles. The molecule has 1 unspecified atom stereocenters. The Morgan fingerprint density at radius 2 is 1.91 bits per heavy atom. The topological polar surface area (TPSA) is 32.7 Å². The van der Waals surface area contributed by atoms with Gasteiger partial charge in [-0.1, -0.05) is 13.8 Å². The van der Waals surface area contributed by atoms with Crippen LogP contribution in [0.4, 0.5) is 0 Å². The highest BCUT2D eigenvalue weighted by atomic mass is 16.6. The summed E-state index contributed by atoms with van der Waals surface area (Å²) in [5, 5.41) is 10.5. The molecule has 68 valence electrons. The SMILES string of the molecule is CC.CC1OCC(C)(C)N1O. The van der Waals surface area contributed by atoms with Crippen LogP contribution in [0.3, 0.4) is 0 Å². The maximum absolute atomic E-state index is 9.23. The summed E-state index contributed by atoms with van der Waals surface area (Å²) in [5.41, 5.74) is -0.209. The number of hydrogen-bond donors (Lipinski definition) is 1. The van der Waals surface area contributed by atoms with Gasteiger partial charge in [0.1, 0.15) is 6.23 Å². The quantitative estimate of drug-likeness (QED) is 0.588. The molecule has 0 aromatic rings. The van der Waals surface area contributed by atoms with Crippen molar-refractivity contribution >= 4 is 0 Å². The summed E-state index contributed by atoms with van der Waals surface area (Å²) in [4.78, 5) is 0. The molecule has 0 spiro atoms. The second kappa shape index (κ2) is 4.04. The molecule has 1 aliphatic rings. The van der Waals surface area contributed by atoms with E-state index in [2.05, 4.69) is 0 Å². The van der Waals surface area contributed by atoms with Crippen molar-refractivity contribution in [1.82, 2.24) is 5.06 Å². The standard InChI is InChI=1S/C6H13NO2.C2H6/c1-5-7(8)6(2,3)4-9-5;1-2/h5,8H,4H2,1-3H3;1-2H3. The zero-order chi connectivity index (χ0) is 9.07. The second-order valence-electron chi connectivity index (χ2n) is 3.07. The number of rotatable bonds is 0. The largest absolute Gasteiger partial charge is 0.359 e. The lowest BCUT2D eigenvalue weighted by Gasteiger charge is -2.24. The lowest BCUT2D eigenvalue weighted by Crippen LogP contribution is -2.40. The minimum absolute atomic E-state index is 0.153. The molecule has 0 aromatic carbocycles.